The number of hydrogen-bond acceptors (Lipinski definition) is 6. The van der Waals surface area contributed by atoms with Gasteiger partial charge in [0.25, 0.3) is 5.56 Å². The molecule has 0 aliphatic carbocycles. The molecule has 0 bridgehead atoms. The standard InChI is InChI=1S/C10H14N2O5S/c1-10(16)7(15)5(4-13)17-8(10)12-3-2-6(14)11-9(12)18/h2-3,5,7-8,13,15-16H,4H2,1H3,(H,11,14,18)/t5?,7-,8+,10?/m0/s1. The van der Waals surface area contributed by atoms with Gasteiger partial charge in [-0.1, -0.05) is 0 Å². The molecule has 0 aromatic carbocycles. The van der Waals surface area contributed by atoms with Crippen LogP contribution in [0.3, 0.4) is 0 Å². The minimum Gasteiger partial charge on any atom is -0.394 e. The first-order valence-corrected chi connectivity index (χ1v) is 5.77. The van der Waals surface area contributed by atoms with E-state index >= 15 is 0 Å². The number of aliphatic hydroxyl groups is 3. The number of H-pyrrole nitrogens is 1. The van der Waals surface area contributed by atoms with Crippen LogP contribution in [0.15, 0.2) is 17.1 Å². The van der Waals surface area contributed by atoms with E-state index in [-0.39, 0.29) is 10.3 Å². The highest BCUT2D eigenvalue weighted by atomic mass is 32.1. The lowest BCUT2D eigenvalue weighted by Crippen LogP contribution is -2.44. The van der Waals surface area contributed by atoms with E-state index in [0.29, 0.717) is 0 Å². The molecule has 0 spiro atoms. The molecule has 1 aliphatic heterocycles. The summed E-state index contributed by atoms with van der Waals surface area (Å²) in [7, 11) is 0. The van der Waals surface area contributed by atoms with Gasteiger partial charge in [-0.05, 0) is 19.1 Å². The van der Waals surface area contributed by atoms with Crippen molar-refractivity contribution < 1.29 is 20.1 Å². The molecule has 1 fully saturated rings. The van der Waals surface area contributed by atoms with Crippen molar-refractivity contribution in [3.63, 3.8) is 0 Å². The third-order valence-corrected chi connectivity index (χ3v) is 3.35. The van der Waals surface area contributed by atoms with Crippen LogP contribution in [0.2, 0.25) is 0 Å². The number of hydrogen-bond donors (Lipinski definition) is 4. The summed E-state index contributed by atoms with van der Waals surface area (Å²) in [6, 6.07) is 1.23. The summed E-state index contributed by atoms with van der Waals surface area (Å²) < 4.78 is 6.77. The van der Waals surface area contributed by atoms with E-state index in [1.165, 1.54) is 23.8 Å². The highest BCUT2D eigenvalue weighted by molar-refractivity contribution is 7.71. The van der Waals surface area contributed by atoms with Crippen LogP contribution >= 0.6 is 12.2 Å². The third kappa shape index (κ3) is 2.02. The van der Waals surface area contributed by atoms with Crippen LogP contribution in [-0.4, -0.2) is 49.3 Å². The third-order valence-electron chi connectivity index (χ3n) is 3.04. The summed E-state index contributed by atoms with van der Waals surface area (Å²) in [5.41, 5.74) is -1.99. The quantitative estimate of drug-likeness (QED) is 0.510. The molecule has 4 N–H and O–H groups in total. The van der Waals surface area contributed by atoms with Crippen LogP contribution in [0.25, 0.3) is 0 Å². The maximum Gasteiger partial charge on any atom is 0.251 e. The highest BCUT2D eigenvalue weighted by Crippen LogP contribution is 2.37. The van der Waals surface area contributed by atoms with E-state index in [0.717, 1.165) is 0 Å². The number of aromatic nitrogens is 2. The molecule has 7 nitrogen and oxygen atoms in total. The molecule has 1 aromatic heterocycles. The zero-order chi connectivity index (χ0) is 13.5. The lowest BCUT2D eigenvalue weighted by atomic mass is 9.96. The highest BCUT2D eigenvalue weighted by Gasteiger charge is 2.52. The van der Waals surface area contributed by atoms with Crippen LogP contribution in [-0.2, 0) is 4.74 Å². The van der Waals surface area contributed by atoms with Gasteiger partial charge in [0, 0.05) is 12.3 Å². The Labute approximate surface area is 107 Å². The smallest absolute Gasteiger partial charge is 0.251 e. The van der Waals surface area contributed by atoms with Crippen molar-refractivity contribution in [2.45, 2.75) is 31.0 Å². The second kappa shape index (κ2) is 4.56. The summed E-state index contributed by atoms with van der Waals surface area (Å²) in [6.07, 6.45) is -1.76. The van der Waals surface area contributed by atoms with Crippen molar-refractivity contribution in [2.24, 2.45) is 0 Å². The molecule has 0 amide bonds. The van der Waals surface area contributed by atoms with Crippen LogP contribution in [0, 0.1) is 4.77 Å². The molecule has 1 aliphatic rings. The van der Waals surface area contributed by atoms with E-state index in [2.05, 4.69) is 4.98 Å². The predicted molar refractivity (Wildman–Crippen MR) is 63.5 cm³/mol. The summed E-state index contributed by atoms with van der Waals surface area (Å²) in [5, 5.41) is 29.1. The normalized spacial score (nSPS) is 35.9. The number of aliphatic hydroxyl groups excluding tert-OH is 2. The Morgan fingerprint density at radius 1 is 1.67 bits per heavy atom. The van der Waals surface area contributed by atoms with Gasteiger partial charge in [-0.15, -0.1) is 0 Å². The summed E-state index contributed by atoms with van der Waals surface area (Å²) >= 11 is 4.96. The summed E-state index contributed by atoms with van der Waals surface area (Å²) in [5.74, 6) is 0. The van der Waals surface area contributed by atoms with Crippen LogP contribution < -0.4 is 5.56 Å². The molecule has 0 saturated carbocycles. The largest absolute Gasteiger partial charge is 0.394 e. The molecule has 1 aromatic rings. The maximum atomic E-state index is 11.1. The van der Waals surface area contributed by atoms with Crippen molar-refractivity contribution in [1.82, 2.24) is 9.55 Å². The average Bonchev–Trinajstić information content (AvgIpc) is 2.52. The average molecular weight is 274 g/mol. The molecule has 4 atom stereocenters. The Kier molecular flexibility index (Phi) is 3.39. The van der Waals surface area contributed by atoms with Gasteiger partial charge in [0.2, 0.25) is 0 Å². The van der Waals surface area contributed by atoms with Gasteiger partial charge >= 0.3 is 0 Å². The Hall–Kier alpha value is -1.06. The lowest BCUT2D eigenvalue weighted by molar-refractivity contribution is -0.0979. The monoisotopic (exact) mass is 274 g/mol. The van der Waals surface area contributed by atoms with E-state index in [9.17, 15) is 15.0 Å². The second-order valence-electron chi connectivity index (χ2n) is 4.40. The molecule has 1 saturated heterocycles. The first-order chi connectivity index (χ1) is 8.37. The van der Waals surface area contributed by atoms with E-state index in [1.807, 2.05) is 0 Å². The number of aromatic amines is 1. The number of rotatable bonds is 2. The minimum absolute atomic E-state index is 0.0681. The Morgan fingerprint density at radius 2 is 2.33 bits per heavy atom. The number of nitrogens with zero attached hydrogens (tertiary/aromatic N) is 1. The van der Waals surface area contributed by atoms with Gasteiger partial charge in [0.1, 0.15) is 17.8 Å². The fourth-order valence-corrected chi connectivity index (χ4v) is 2.26. The van der Waals surface area contributed by atoms with Crippen LogP contribution in [0.4, 0.5) is 0 Å². The van der Waals surface area contributed by atoms with Gasteiger partial charge in [-0.2, -0.15) is 0 Å². The Balaban J connectivity index is 2.45. The van der Waals surface area contributed by atoms with Crippen LogP contribution in [0.1, 0.15) is 13.2 Å². The molecule has 2 heterocycles. The zero-order valence-electron chi connectivity index (χ0n) is 9.61. The zero-order valence-corrected chi connectivity index (χ0v) is 10.4. The fraction of sp³-hybridized carbons (Fsp3) is 0.600. The molecule has 2 unspecified atom stereocenters. The molecule has 0 radical (unpaired) electrons. The van der Waals surface area contributed by atoms with Crippen molar-refractivity contribution >= 4 is 12.2 Å². The van der Waals surface area contributed by atoms with Crippen molar-refractivity contribution in [2.75, 3.05) is 6.61 Å². The number of ether oxygens (including phenoxy) is 1. The van der Waals surface area contributed by atoms with Gasteiger partial charge in [-0.3, -0.25) is 14.3 Å². The first kappa shape index (κ1) is 13.4. The SMILES string of the molecule is CC1(O)[C@@H](O)C(CO)O[C@H]1n1ccc(=O)[nH]c1=S. The maximum absolute atomic E-state index is 11.1. The van der Waals surface area contributed by atoms with E-state index < -0.39 is 30.6 Å². The van der Waals surface area contributed by atoms with Gasteiger partial charge in [-0.25, -0.2) is 0 Å². The molecular weight excluding hydrogens is 260 g/mol. The van der Waals surface area contributed by atoms with Crippen LogP contribution in [0.5, 0.6) is 0 Å². The Morgan fingerprint density at radius 3 is 2.83 bits per heavy atom. The van der Waals surface area contributed by atoms with E-state index in [1.54, 1.807) is 0 Å². The summed E-state index contributed by atoms with van der Waals surface area (Å²) in [4.78, 5) is 13.5. The molecule has 8 heteroatoms. The fourth-order valence-electron chi connectivity index (χ4n) is 2.00. The summed E-state index contributed by atoms with van der Waals surface area (Å²) in [6.45, 7) is 0.954. The van der Waals surface area contributed by atoms with Gasteiger partial charge in [0.05, 0.1) is 6.61 Å². The van der Waals surface area contributed by atoms with Crippen molar-refractivity contribution in [1.29, 1.82) is 0 Å². The molecule has 18 heavy (non-hydrogen) atoms. The van der Waals surface area contributed by atoms with Gasteiger partial charge < -0.3 is 20.1 Å². The van der Waals surface area contributed by atoms with Gasteiger partial charge in [0.15, 0.2) is 11.0 Å². The van der Waals surface area contributed by atoms with Crippen molar-refractivity contribution in [3.05, 3.63) is 27.4 Å². The van der Waals surface area contributed by atoms with E-state index in [4.69, 9.17) is 22.1 Å². The number of nitrogens with one attached hydrogen (secondary N) is 1. The molecular formula is C10H14N2O5S. The first-order valence-electron chi connectivity index (χ1n) is 5.36. The minimum atomic E-state index is -1.62. The second-order valence-corrected chi connectivity index (χ2v) is 4.78. The van der Waals surface area contributed by atoms with Crippen molar-refractivity contribution in [3.8, 4) is 0 Å². The topological polar surface area (TPSA) is 108 Å². The predicted octanol–water partition coefficient (Wildman–Crippen LogP) is -1.09. The molecule has 2 rings (SSSR count). The molecule has 100 valence electrons. The Bertz CT molecular complexity index is 552. The lowest BCUT2D eigenvalue weighted by Gasteiger charge is -2.27.